The predicted octanol–water partition coefficient (Wildman–Crippen LogP) is 3.61. The van der Waals surface area contributed by atoms with E-state index in [1.165, 1.54) is 5.56 Å². The van der Waals surface area contributed by atoms with Gasteiger partial charge in [-0.3, -0.25) is 14.5 Å². The Labute approximate surface area is 142 Å². The summed E-state index contributed by atoms with van der Waals surface area (Å²) in [6, 6.07) is 8.11. The van der Waals surface area contributed by atoms with Crippen molar-refractivity contribution in [2.24, 2.45) is 0 Å². The molecule has 1 heterocycles. The molecular formula is C17H24N4OS. The van der Waals surface area contributed by atoms with Crippen LogP contribution < -0.4 is 5.32 Å². The summed E-state index contributed by atoms with van der Waals surface area (Å²) in [5.74, 6) is 0.827. The first kappa shape index (κ1) is 17.4. The third kappa shape index (κ3) is 5.03. The lowest BCUT2D eigenvalue weighted by Gasteiger charge is -2.08. The number of nitrogens with zero attached hydrogens (tertiary/aromatic N) is 2. The van der Waals surface area contributed by atoms with Crippen LogP contribution in [0.1, 0.15) is 38.2 Å². The second-order valence-electron chi connectivity index (χ2n) is 5.68. The molecule has 0 saturated carbocycles. The Morgan fingerprint density at radius 3 is 2.74 bits per heavy atom. The second-order valence-corrected chi connectivity index (χ2v) is 6.06. The van der Waals surface area contributed by atoms with Gasteiger partial charge in [-0.1, -0.05) is 49.6 Å². The van der Waals surface area contributed by atoms with Crippen LogP contribution >= 0.6 is 12.2 Å². The summed E-state index contributed by atoms with van der Waals surface area (Å²) in [5, 5.41) is 10.1. The topological polar surface area (TPSA) is 62.7 Å². The molecule has 0 bridgehead atoms. The van der Waals surface area contributed by atoms with Crippen molar-refractivity contribution in [1.29, 1.82) is 0 Å². The standard InChI is InChI=1S/C17H24N4OS/c1-3-4-5-11-18-15(22)10-12-21-16(19-20-17(21)23)14-8-6-13(2)7-9-14/h6-9H,3-5,10-12H2,1-2H3,(H,18,22)(H,20,23). The Morgan fingerprint density at radius 1 is 1.30 bits per heavy atom. The number of carbonyl (C=O) groups excluding carboxylic acids is 1. The fraction of sp³-hybridized carbons (Fsp3) is 0.471. The van der Waals surface area contributed by atoms with Gasteiger partial charge in [0.2, 0.25) is 5.91 Å². The van der Waals surface area contributed by atoms with E-state index in [1.807, 2.05) is 35.8 Å². The number of rotatable bonds is 8. The molecule has 0 unspecified atom stereocenters. The average Bonchev–Trinajstić information content (AvgIpc) is 2.91. The summed E-state index contributed by atoms with van der Waals surface area (Å²) < 4.78 is 2.42. The molecule has 2 aromatic rings. The van der Waals surface area contributed by atoms with Crippen LogP contribution in [0.4, 0.5) is 0 Å². The number of carbonyl (C=O) groups is 1. The van der Waals surface area contributed by atoms with Crippen molar-refractivity contribution in [1.82, 2.24) is 20.1 Å². The van der Waals surface area contributed by atoms with E-state index < -0.39 is 0 Å². The van der Waals surface area contributed by atoms with Crippen LogP contribution in [0.3, 0.4) is 0 Å². The van der Waals surface area contributed by atoms with Crippen LogP contribution in [0.25, 0.3) is 11.4 Å². The zero-order valence-electron chi connectivity index (χ0n) is 13.8. The molecule has 1 aromatic heterocycles. The number of hydrogen-bond acceptors (Lipinski definition) is 3. The third-order valence-electron chi connectivity index (χ3n) is 3.73. The Morgan fingerprint density at radius 2 is 2.04 bits per heavy atom. The molecule has 0 radical (unpaired) electrons. The lowest BCUT2D eigenvalue weighted by Crippen LogP contribution is -2.25. The van der Waals surface area contributed by atoms with Gasteiger partial charge in [0.15, 0.2) is 10.6 Å². The maximum Gasteiger partial charge on any atom is 0.221 e. The van der Waals surface area contributed by atoms with E-state index in [0.29, 0.717) is 17.7 Å². The minimum absolute atomic E-state index is 0.0547. The van der Waals surface area contributed by atoms with Gasteiger partial charge in [-0.05, 0) is 25.6 Å². The van der Waals surface area contributed by atoms with Crippen molar-refractivity contribution < 1.29 is 4.79 Å². The van der Waals surface area contributed by atoms with Crippen LogP contribution in [-0.2, 0) is 11.3 Å². The van der Waals surface area contributed by atoms with Crippen LogP contribution in [0.5, 0.6) is 0 Å². The fourth-order valence-electron chi connectivity index (χ4n) is 2.35. The highest BCUT2D eigenvalue weighted by Gasteiger charge is 2.10. The van der Waals surface area contributed by atoms with Crippen LogP contribution in [0.15, 0.2) is 24.3 Å². The molecule has 6 heteroatoms. The quantitative estimate of drug-likeness (QED) is 0.573. The van der Waals surface area contributed by atoms with E-state index in [0.717, 1.165) is 37.2 Å². The molecule has 23 heavy (non-hydrogen) atoms. The van der Waals surface area contributed by atoms with Crippen LogP contribution in [-0.4, -0.2) is 27.2 Å². The van der Waals surface area contributed by atoms with E-state index in [9.17, 15) is 4.79 Å². The highest BCUT2D eigenvalue weighted by molar-refractivity contribution is 7.71. The lowest BCUT2D eigenvalue weighted by atomic mass is 10.1. The van der Waals surface area contributed by atoms with Crippen molar-refractivity contribution >= 4 is 18.1 Å². The lowest BCUT2D eigenvalue weighted by molar-refractivity contribution is -0.121. The number of hydrogen-bond donors (Lipinski definition) is 2. The SMILES string of the molecule is CCCCCNC(=O)CCn1c(-c2ccc(C)cc2)n[nH]c1=S. The molecule has 0 saturated heterocycles. The number of aromatic amines is 1. The summed E-state index contributed by atoms with van der Waals surface area (Å²) in [5.41, 5.74) is 2.19. The first-order valence-electron chi connectivity index (χ1n) is 8.10. The molecule has 1 aromatic carbocycles. The van der Waals surface area contributed by atoms with E-state index in [2.05, 4.69) is 22.4 Å². The van der Waals surface area contributed by atoms with Crippen molar-refractivity contribution in [2.45, 2.75) is 46.1 Å². The Hall–Kier alpha value is -1.95. The maximum atomic E-state index is 11.9. The van der Waals surface area contributed by atoms with Gasteiger partial charge in [0.05, 0.1) is 0 Å². The fourth-order valence-corrected chi connectivity index (χ4v) is 2.58. The van der Waals surface area contributed by atoms with E-state index in [-0.39, 0.29) is 5.91 Å². The first-order valence-corrected chi connectivity index (χ1v) is 8.51. The van der Waals surface area contributed by atoms with Crippen molar-refractivity contribution in [3.05, 3.63) is 34.6 Å². The number of unbranched alkanes of at least 4 members (excludes halogenated alkanes) is 2. The molecule has 0 aliphatic rings. The zero-order valence-corrected chi connectivity index (χ0v) is 14.6. The molecule has 1 amide bonds. The average molecular weight is 332 g/mol. The Kier molecular flexibility index (Phi) is 6.52. The summed E-state index contributed by atoms with van der Waals surface area (Å²) in [4.78, 5) is 11.9. The number of amides is 1. The molecule has 0 aliphatic heterocycles. The molecule has 124 valence electrons. The van der Waals surface area contributed by atoms with Gasteiger partial charge in [-0.25, -0.2) is 0 Å². The molecule has 0 fully saturated rings. The summed E-state index contributed by atoms with van der Waals surface area (Å²) in [7, 11) is 0. The third-order valence-corrected chi connectivity index (χ3v) is 4.04. The van der Waals surface area contributed by atoms with Crippen molar-refractivity contribution in [2.75, 3.05) is 6.54 Å². The normalized spacial score (nSPS) is 10.7. The maximum absolute atomic E-state index is 11.9. The van der Waals surface area contributed by atoms with Gasteiger partial charge in [0.1, 0.15) is 0 Å². The van der Waals surface area contributed by atoms with Gasteiger partial charge in [0, 0.05) is 25.1 Å². The van der Waals surface area contributed by atoms with Gasteiger partial charge >= 0.3 is 0 Å². The molecule has 5 nitrogen and oxygen atoms in total. The minimum atomic E-state index is 0.0547. The highest BCUT2D eigenvalue weighted by Crippen LogP contribution is 2.18. The number of benzene rings is 1. The number of H-pyrrole nitrogens is 1. The first-order chi connectivity index (χ1) is 11.1. The number of aromatic nitrogens is 3. The van der Waals surface area contributed by atoms with E-state index in [1.54, 1.807) is 0 Å². The predicted molar refractivity (Wildman–Crippen MR) is 94.7 cm³/mol. The van der Waals surface area contributed by atoms with Gasteiger partial charge in [0.25, 0.3) is 0 Å². The van der Waals surface area contributed by atoms with Gasteiger partial charge in [-0.15, -0.1) is 0 Å². The Balaban J connectivity index is 1.98. The van der Waals surface area contributed by atoms with Crippen LogP contribution in [0.2, 0.25) is 0 Å². The molecule has 2 N–H and O–H groups in total. The highest BCUT2D eigenvalue weighted by atomic mass is 32.1. The summed E-state index contributed by atoms with van der Waals surface area (Å²) in [6.07, 6.45) is 3.73. The molecule has 0 atom stereocenters. The van der Waals surface area contributed by atoms with E-state index >= 15 is 0 Å². The summed E-state index contributed by atoms with van der Waals surface area (Å²) >= 11 is 5.29. The Bertz CT molecular complexity index is 687. The zero-order chi connectivity index (χ0) is 16.7. The summed E-state index contributed by atoms with van der Waals surface area (Å²) in [6.45, 7) is 5.46. The van der Waals surface area contributed by atoms with Gasteiger partial charge in [-0.2, -0.15) is 5.10 Å². The molecule has 0 aliphatic carbocycles. The largest absolute Gasteiger partial charge is 0.356 e. The molecule has 2 rings (SSSR count). The number of aryl methyl sites for hydroxylation is 1. The number of nitrogens with one attached hydrogen (secondary N) is 2. The van der Waals surface area contributed by atoms with Crippen LogP contribution in [0, 0.1) is 11.7 Å². The molecule has 0 spiro atoms. The monoisotopic (exact) mass is 332 g/mol. The van der Waals surface area contributed by atoms with Crippen molar-refractivity contribution in [3.63, 3.8) is 0 Å². The second kappa shape index (κ2) is 8.62. The van der Waals surface area contributed by atoms with Gasteiger partial charge < -0.3 is 5.32 Å². The smallest absolute Gasteiger partial charge is 0.221 e. The van der Waals surface area contributed by atoms with E-state index in [4.69, 9.17) is 12.2 Å². The minimum Gasteiger partial charge on any atom is -0.356 e. The van der Waals surface area contributed by atoms with Crippen molar-refractivity contribution in [3.8, 4) is 11.4 Å². The molecular weight excluding hydrogens is 308 g/mol.